The predicted octanol–water partition coefficient (Wildman–Crippen LogP) is 16.8. The molecule has 0 bridgehead atoms. The molecule has 0 aliphatic carbocycles. The standard InChI is InChI=1S/C60H40N2O/c1-3-15-41(16-4-1)45-19-13-20-46(39-45)43-29-33-48(34-30-43)61(50-22-14-21-47(40-50)42-17-5-2-6-18-42)57-38-37-51(60-59(57)54-25-9-12-28-58(54)63-60)44-31-35-49(36-32-44)62-55-26-10-7-23-52(55)53-24-8-11-27-56(53)62/h1-40H. The van der Waals surface area contributed by atoms with Crippen LogP contribution in [-0.4, -0.2) is 4.57 Å². The van der Waals surface area contributed by atoms with E-state index in [9.17, 15) is 0 Å². The molecular weight excluding hydrogens is 765 g/mol. The van der Waals surface area contributed by atoms with Gasteiger partial charge in [-0.3, -0.25) is 0 Å². The van der Waals surface area contributed by atoms with Gasteiger partial charge in [0.2, 0.25) is 0 Å². The maximum absolute atomic E-state index is 6.90. The van der Waals surface area contributed by atoms with Crippen LogP contribution in [0.3, 0.4) is 0 Å². The molecule has 0 amide bonds. The Morgan fingerprint density at radius 3 is 1.49 bits per heavy atom. The van der Waals surface area contributed by atoms with E-state index in [0.29, 0.717) is 0 Å². The maximum Gasteiger partial charge on any atom is 0.145 e. The quantitative estimate of drug-likeness (QED) is 0.153. The van der Waals surface area contributed by atoms with Crippen molar-refractivity contribution in [2.45, 2.75) is 0 Å². The zero-order valence-corrected chi connectivity index (χ0v) is 34.4. The first kappa shape index (κ1) is 36.5. The topological polar surface area (TPSA) is 21.3 Å². The first-order valence-electron chi connectivity index (χ1n) is 21.5. The molecule has 0 saturated carbocycles. The summed E-state index contributed by atoms with van der Waals surface area (Å²) in [5, 5.41) is 4.65. The van der Waals surface area contributed by atoms with Crippen molar-refractivity contribution in [3.8, 4) is 50.2 Å². The van der Waals surface area contributed by atoms with Crippen LogP contribution in [-0.2, 0) is 0 Å². The number of para-hydroxylation sites is 3. The number of anilines is 3. The molecule has 0 radical (unpaired) electrons. The summed E-state index contributed by atoms with van der Waals surface area (Å²) in [7, 11) is 0. The van der Waals surface area contributed by atoms with Gasteiger partial charge in [0.05, 0.1) is 22.1 Å². The van der Waals surface area contributed by atoms with Gasteiger partial charge in [0.25, 0.3) is 0 Å². The van der Waals surface area contributed by atoms with Crippen molar-refractivity contribution >= 4 is 60.8 Å². The fourth-order valence-corrected chi connectivity index (χ4v) is 9.41. The van der Waals surface area contributed by atoms with Crippen molar-refractivity contribution in [3.63, 3.8) is 0 Å². The summed E-state index contributed by atoms with van der Waals surface area (Å²) in [6.45, 7) is 0. The number of benzene rings is 10. The van der Waals surface area contributed by atoms with Crippen LogP contribution in [0.5, 0.6) is 0 Å². The molecule has 0 N–H and O–H groups in total. The molecule has 3 nitrogen and oxygen atoms in total. The van der Waals surface area contributed by atoms with Crippen molar-refractivity contribution in [2.24, 2.45) is 0 Å². The average molecular weight is 805 g/mol. The Morgan fingerprint density at radius 1 is 0.333 bits per heavy atom. The Labute approximate surface area is 366 Å². The number of nitrogens with zero attached hydrogens (tertiary/aromatic N) is 2. The smallest absolute Gasteiger partial charge is 0.145 e. The number of aromatic nitrogens is 1. The van der Waals surface area contributed by atoms with Crippen molar-refractivity contribution < 1.29 is 4.42 Å². The van der Waals surface area contributed by atoms with Gasteiger partial charge in [-0.15, -0.1) is 0 Å². The molecule has 10 aromatic carbocycles. The van der Waals surface area contributed by atoms with Gasteiger partial charge in [-0.2, -0.15) is 0 Å². The fraction of sp³-hybridized carbons (Fsp3) is 0. The first-order valence-corrected chi connectivity index (χ1v) is 21.5. The van der Waals surface area contributed by atoms with Crippen molar-refractivity contribution in [3.05, 3.63) is 243 Å². The van der Waals surface area contributed by atoms with Crippen LogP contribution in [0.2, 0.25) is 0 Å². The number of hydrogen-bond donors (Lipinski definition) is 0. The molecule has 12 aromatic rings. The van der Waals surface area contributed by atoms with E-state index in [1.165, 1.54) is 44.1 Å². The second kappa shape index (κ2) is 15.3. The molecule has 12 rings (SSSR count). The van der Waals surface area contributed by atoms with E-state index >= 15 is 0 Å². The monoisotopic (exact) mass is 804 g/mol. The van der Waals surface area contributed by atoms with E-state index in [4.69, 9.17) is 4.42 Å². The number of rotatable bonds is 8. The molecule has 2 aromatic heterocycles. The molecule has 63 heavy (non-hydrogen) atoms. The van der Waals surface area contributed by atoms with Crippen LogP contribution in [0.25, 0.3) is 93.9 Å². The van der Waals surface area contributed by atoms with Crippen molar-refractivity contribution in [1.82, 2.24) is 4.57 Å². The molecule has 0 atom stereocenters. The highest BCUT2D eigenvalue weighted by molar-refractivity contribution is 6.17. The van der Waals surface area contributed by atoms with E-state index in [0.717, 1.165) is 66.9 Å². The zero-order valence-electron chi connectivity index (χ0n) is 34.4. The predicted molar refractivity (Wildman–Crippen MR) is 264 cm³/mol. The molecule has 0 saturated heterocycles. The molecule has 296 valence electrons. The van der Waals surface area contributed by atoms with Gasteiger partial charge >= 0.3 is 0 Å². The highest BCUT2D eigenvalue weighted by Crippen LogP contribution is 2.47. The van der Waals surface area contributed by atoms with Gasteiger partial charge in [-0.05, 0) is 112 Å². The van der Waals surface area contributed by atoms with Crippen LogP contribution in [0.1, 0.15) is 0 Å². The molecular formula is C60H40N2O. The lowest BCUT2D eigenvalue weighted by Crippen LogP contribution is -2.10. The normalized spacial score (nSPS) is 11.5. The molecule has 3 heteroatoms. The summed E-state index contributed by atoms with van der Waals surface area (Å²) < 4.78 is 9.27. The lowest BCUT2D eigenvalue weighted by molar-refractivity contribution is 0.670. The lowest BCUT2D eigenvalue weighted by Gasteiger charge is -2.27. The van der Waals surface area contributed by atoms with Gasteiger partial charge in [-0.1, -0.05) is 170 Å². The van der Waals surface area contributed by atoms with Crippen LogP contribution >= 0.6 is 0 Å². The van der Waals surface area contributed by atoms with Gasteiger partial charge in [0.1, 0.15) is 11.2 Å². The highest BCUT2D eigenvalue weighted by atomic mass is 16.3. The Morgan fingerprint density at radius 2 is 0.841 bits per heavy atom. The highest BCUT2D eigenvalue weighted by Gasteiger charge is 2.23. The Bertz CT molecular complexity index is 3550. The summed E-state index contributed by atoms with van der Waals surface area (Å²) in [6, 6.07) is 86.9. The largest absolute Gasteiger partial charge is 0.455 e. The third-order valence-corrected chi connectivity index (χ3v) is 12.4. The minimum atomic E-state index is 0.856. The van der Waals surface area contributed by atoms with Crippen LogP contribution in [0.15, 0.2) is 247 Å². The SMILES string of the molecule is c1ccc(-c2cccc(-c3ccc(N(c4cccc(-c5ccccc5)c4)c4ccc(-c5ccc(-n6c7ccccc7c7ccccc76)cc5)c5oc6ccccc6c45)cc3)c2)cc1. The molecule has 0 fully saturated rings. The summed E-state index contributed by atoms with van der Waals surface area (Å²) in [5.74, 6) is 0. The lowest BCUT2D eigenvalue weighted by atomic mass is 9.98. The van der Waals surface area contributed by atoms with Gasteiger partial charge in [-0.25, -0.2) is 0 Å². The van der Waals surface area contributed by atoms with Gasteiger partial charge in [0, 0.05) is 38.8 Å². The minimum Gasteiger partial charge on any atom is -0.455 e. The molecule has 0 aliphatic rings. The number of fused-ring (bicyclic) bond motifs is 6. The minimum absolute atomic E-state index is 0.856. The average Bonchev–Trinajstić information content (AvgIpc) is 3.92. The molecule has 0 unspecified atom stereocenters. The Hall–Kier alpha value is -8.40. The van der Waals surface area contributed by atoms with Crippen molar-refractivity contribution in [1.29, 1.82) is 0 Å². The van der Waals surface area contributed by atoms with Crippen LogP contribution < -0.4 is 4.90 Å². The zero-order chi connectivity index (χ0) is 41.7. The maximum atomic E-state index is 6.90. The Kier molecular flexibility index (Phi) is 8.83. The van der Waals surface area contributed by atoms with Crippen LogP contribution in [0, 0.1) is 0 Å². The third-order valence-electron chi connectivity index (χ3n) is 12.4. The van der Waals surface area contributed by atoms with Gasteiger partial charge in [0.15, 0.2) is 0 Å². The molecule has 2 heterocycles. The molecule has 0 spiro atoms. The van der Waals surface area contributed by atoms with E-state index in [1.807, 2.05) is 0 Å². The van der Waals surface area contributed by atoms with Crippen molar-refractivity contribution in [2.75, 3.05) is 4.90 Å². The summed E-state index contributed by atoms with van der Waals surface area (Å²) >= 11 is 0. The van der Waals surface area contributed by atoms with E-state index in [1.54, 1.807) is 0 Å². The second-order valence-electron chi connectivity index (χ2n) is 16.1. The van der Waals surface area contributed by atoms with Crippen LogP contribution in [0.4, 0.5) is 17.1 Å². The van der Waals surface area contributed by atoms with E-state index in [2.05, 4.69) is 252 Å². The number of hydrogen-bond acceptors (Lipinski definition) is 2. The van der Waals surface area contributed by atoms with Gasteiger partial charge < -0.3 is 13.9 Å². The summed E-state index contributed by atoms with van der Waals surface area (Å²) in [4.78, 5) is 2.38. The summed E-state index contributed by atoms with van der Waals surface area (Å²) in [6.07, 6.45) is 0. The molecule has 0 aliphatic heterocycles. The Balaban J connectivity index is 1.01. The third kappa shape index (κ3) is 6.38. The fourth-order valence-electron chi connectivity index (χ4n) is 9.41. The van der Waals surface area contributed by atoms with E-state index in [-0.39, 0.29) is 0 Å². The first-order chi connectivity index (χ1) is 31.2. The number of furan rings is 1. The van der Waals surface area contributed by atoms with E-state index < -0.39 is 0 Å². The second-order valence-corrected chi connectivity index (χ2v) is 16.1. The summed E-state index contributed by atoms with van der Waals surface area (Å²) in [5.41, 5.74) is 17.6.